The molecular formula is C19H24N4O2. The van der Waals surface area contributed by atoms with E-state index in [1.807, 2.05) is 42.2 Å². The molecule has 2 N–H and O–H groups in total. The number of hydrogen-bond acceptors (Lipinski definition) is 3. The van der Waals surface area contributed by atoms with Crippen LogP contribution in [0.2, 0.25) is 0 Å². The Morgan fingerprint density at radius 3 is 2.88 bits per heavy atom. The Morgan fingerprint density at radius 2 is 2.16 bits per heavy atom. The number of urea groups is 1. The zero-order chi connectivity index (χ0) is 17.4. The van der Waals surface area contributed by atoms with E-state index < -0.39 is 5.54 Å². The number of carbonyl (C=O) groups excluding carboxylic acids is 2. The van der Waals surface area contributed by atoms with Crippen LogP contribution < -0.4 is 10.6 Å². The van der Waals surface area contributed by atoms with E-state index in [2.05, 4.69) is 10.6 Å². The maximum Gasteiger partial charge on any atom is 0.317 e. The van der Waals surface area contributed by atoms with Gasteiger partial charge in [-0.1, -0.05) is 37.3 Å². The van der Waals surface area contributed by atoms with E-state index in [-0.39, 0.29) is 17.9 Å². The van der Waals surface area contributed by atoms with Gasteiger partial charge in [0.05, 0.1) is 0 Å². The molecule has 2 fully saturated rings. The number of amides is 3. The van der Waals surface area contributed by atoms with Gasteiger partial charge >= 0.3 is 6.03 Å². The number of hydrogen-bond donors (Lipinski definition) is 2. The van der Waals surface area contributed by atoms with Gasteiger partial charge in [-0.15, -0.1) is 0 Å². The Kier molecular flexibility index (Phi) is 3.98. The van der Waals surface area contributed by atoms with E-state index >= 15 is 0 Å². The molecule has 1 saturated heterocycles. The summed E-state index contributed by atoms with van der Waals surface area (Å²) in [7, 11) is 0. The van der Waals surface area contributed by atoms with Gasteiger partial charge in [-0.25, -0.2) is 4.79 Å². The first-order chi connectivity index (χ1) is 12.1. The lowest BCUT2D eigenvalue weighted by molar-refractivity contribution is -0.124. The van der Waals surface area contributed by atoms with Crippen molar-refractivity contribution in [3.8, 4) is 0 Å². The van der Waals surface area contributed by atoms with Crippen LogP contribution in [0.4, 0.5) is 4.79 Å². The number of amidine groups is 1. The highest BCUT2D eigenvalue weighted by Crippen LogP contribution is 2.48. The number of nitrogens with one attached hydrogen (secondary N) is 2. The quantitative estimate of drug-likeness (QED) is 0.882. The Balaban J connectivity index is 1.42. The molecule has 1 saturated carbocycles. The smallest absolute Gasteiger partial charge is 0.317 e. The molecule has 3 atom stereocenters. The highest BCUT2D eigenvalue weighted by Gasteiger charge is 2.59. The topological polar surface area (TPSA) is 73.8 Å². The summed E-state index contributed by atoms with van der Waals surface area (Å²) in [5, 5.41) is 5.92. The van der Waals surface area contributed by atoms with Crippen molar-refractivity contribution in [3.05, 3.63) is 35.9 Å². The summed E-state index contributed by atoms with van der Waals surface area (Å²) in [4.78, 5) is 31.7. The van der Waals surface area contributed by atoms with Gasteiger partial charge in [0.1, 0.15) is 11.4 Å². The largest absolute Gasteiger partial charge is 0.334 e. The second-order valence-electron chi connectivity index (χ2n) is 7.24. The molecule has 2 aliphatic heterocycles. The van der Waals surface area contributed by atoms with Crippen molar-refractivity contribution in [1.29, 1.82) is 0 Å². The summed E-state index contributed by atoms with van der Waals surface area (Å²) < 4.78 is 0. The Hall–Kier alpha value is -2.37. The molecule has 1 aromatic rings. The lowest BCUT2D eigenvalue weighted by Crippen LogP contribution is -2.46. The van der Waals surface area contributed by atoms with Crippen LogP contribution in [0, 0.1) is 11.8 Å². The van der Waals surface area contributed by atoms with E-state index in [0.29, 0.717) is 19.0 Å². The minimum Gasteiger partial charge on any atom is -0.334 e. The average molecular weight is 340 g/mol. The molecule has 1 spiro atoms. The summed E-state index contributed by atoms with van der Waals surface area (Å²) in [6.07, 6.45) is 2.50. The fraction of sp³-hybridized carbons (Fsp3) is 0.526. The average Bonchev–Trinajstić information content (AvgIpc) is 3.29. The van der Waals surface area contributed by atoms with Gasteiger partial charge in [-0.05, 0) is 24.3 Å². The molecule has 1 aliphatic carbocycles. The van der Waals surface area contributed by atoms with E-state index in [9.17, 15) is 9.59 Å². The van der Waals surface area contributed by atoms with Crippen molar-refractivity contribution < 1.29 is 9.59 Å². The molecule has 3 amide bonds. The van der Waals surface area contributed by atoms with E-state index in [1.54, 1.807) is 0 Å². The van der Waals surface area contributed by atoms with Crippen LogP contribution in [0.3, 0.4) is 0 Å². The SMILES string of the molecule is CCC1=N[C@@]2(CC[C@@H]3CN(C(=O)NCc4ccccc4)C[C@@H]32)C(=O)N1. The van der Waals surface area contributed by atoms with Crippen LogP contribution in [-0.4, -0.2) is 41.3 Å². The lowest BCUT2D eigenvalue weighted by Gasteiger charge is -2.25. The number of likely N-dealkylation sites (tertiary alicyclic amines) is 1. The molecule has 4 rings (SSSR count). The predicted octanol–water partition coefficient (Wildman–Crippen LogP) is 1.92. The third kappa shape index (κ3) is 2.69. The molecule has 2 heterocycles. The molecular weight excluding hydrogens is 316 g/mol. The third-order valence-corrected chi connectivity index (χ3v) is 5.84. The van der Waals surface area contributed by atoms with Crippen molar-refractivity contribution in [2.45, 2.75) is 38.3 Å². The highest BCUT2D eigenvalue weighted by atomic mass is 16.2. The predicted molar refractivity (Wildman–Crippen MR) is 95.1 cm³/mol. The summed E-state index contributed by atoms with van der Waals surface area (Å²) >= 11 is 0. The number of aliphatic imine (C=N–C) groups is 1. The van der Waals surface area contributed by atoms with Gasteiger partial charge in [0.25, 0.3) is 5.91 Å². The molecule has 1 aromatic carbocycles. The van der Waals surface area contributed by atoms with Gasteiger partial charge in [-0.2, -0.15) is 0 Å². The summed E-state index contributed by atoms with van der Waals surface area (Å²) in [6.45, 7) is 3.86. The number of rotatable bonds is 3. The van der Waals surface area contributed by atoms with Gasteiger partial charge in [-0.3, -0.25) is 9.79 Å². The highest BCUT2D eigenvalue weighted by molar-refractivity contribution is 6.08. The summed E-state index contributed by atoms with van der Waals surface area (Å²) in [5.41, 5.74) is 0.448. The minimum absolute atomic E-state index is 0.0309. The maximum atomic E-state index is 12.6. The molecule has 0 radical (unpaired) electrons. The molecule has 6 heteroatoms. The fourth-order valence-corrected chi connectivity index (χ4v) is 4.49. The van der Waals surface area contributed by atoms with Gasteiger partial charge in [0.2, 0.25) is 0 Å². The molecule has 132 valence electrons. The molecule has 25 heavy (non-hydrogen) atoms. The first-order valence-electron chi connectivity index (χ1n) is 9.09. The monoisotopic (exact) mass is 340 g/mol. The standard InChI is InChI=1S/C19H24N4O2/c1-2-16-21-17(24)19(22-16)9-8-14-11-23(12-15(14)19)18(25)20-10-13-6-4-3-5-7-13/h3-7,14-15H,2,8-12H2,1H3,(H,20,25)(H,21,22,24)/t14-,15+,19-/m1/s1. The number of fused-ring (bicyclic) bond motifs is 2. The van der Waals surface area contributed by atoms with Crippen LogP contribution in [0.5, 0.6) is 0 Å². The Labute approximate surface area is 147 Å². The van der Waals surface area contributed by atoms with E-state index in [1.165, 1.54) is 0 Å². The van der Waals surface area contributed by atoms with Gasteiger partial charge in [0.15, 0.2) is 0 Å². The summed E-state index contributed by atoms with van der Waals surface area (Å²) in [6, 6.07) is 9.84. The van der Waals surface area contributed by atoms with Gasteiger partial charge in [0, 0.05) is 32.0 Å². The van der Waals surface area contributed by atoms with Crippen molar-refractivity contribution in [2.75, 3.05) is 13.1 Å². The van der Waals surface area contributed by atoms with Crippen molar-refractivity contribution in [1.82, 2.24) is 15.5 Å². The molecule has 3 aliphatic rings. The van der Waals surface area contributed by atoms with Crippen molar-refractivity contribution >= 4 is 17.8 Å². The van der Waals surface area contributed by atoms with Crippen molar-refractivity contribution in [2.24, 2.45) is 16.8 Å². The summed E-state index contributed by atoms with van der Waals surface area (Å²) in [5.74, 6) is 1.33. The first-order valence-corrected chi connectivity index (χ1v) is 9.09. The van der Waals surface area contributed by atoms with Crippen LogP contribution in [0.25, 0.3) is 0 Å². The van der Waals surface area contributed by atoms with Crippen LogP contribution in [0.1, 0.15) is 31.7 Å². The zero-order valence-corrected chi connectivity index (χ0v) is 14.5. The molecule has 6 nitrogen and oxygen atoms in total. The second-order valence-corrected chi connectivity index (χ2v) is 7.24. The number of carbonyl (C=O) groups is 2. The Morgan fingerprint density at radius 1 is 1.36 bits per heavy atom. The van der Waals surface area contributed by atoms with E-state index in [0.717, 1.165) is 37.2 Å². The second kappa shape index (κ2) is 6.17. The zero-order valence-electron chi connectivity index (χ0n) is 14.5. The number of nitrogens with zero attached hydrogens (tertiary/aromatic N) is 2. The molecule has 0 unspecified atom stereocenters. The first kappa shape index (κ1) is 16.1. The normalized spacial score (nSPS) is 30.4. The maximum absolute atomic E-state index is 12.6. The molecule has 0 bridgehead atoms. The van der Waals surface area contributed by atoms with Gasteiger partial charge < -0.3 is 15.5 Å². The third-order valence-electron chi connectivity index (χ3n) is 5.84. The van der Waals surface area contributed by atoms with E-state index in [4.69, 9.17) is 4.99 Å². The van der Waals surface area contributed by atoms with Crippen LogP contribution in [-0.2, 0) is 11.3 Å². The Bertz CT molecular complexity index is 717. The molecule has 0 aromatic heterocycles. The number of benzene rings is 1. The minimum atomic E-state index is -0.634. The fourth-order valence-electron chi connectivity index (χ4n) is 4.49. The van der Waals surface area contributed by atoms with Crippen LogP contribution >= 0.6 is 0 Å². The van der Waals surface area contributed by atoms with Crippen LogP contribution in [0.15, 0.2) is 35.3 Å². The lowest BCUT2D eigenvalue weighted by atomic mass is 9.85. The van der Waals surface area contributed by atoms with Crippen molar-refractivity contribution in [3.63, 3.8) is 0 Å².